The van der Waals surface area contributed by atoms with E-state index in [0.29, 0.717) is 6.07 Å². The smallest absolute Gasteiger partial charge is 0.361 e. The molecule has 5 aromatic rings. The van der Waals surface area contributed by atoms with Crippen LogP contribution in [0.3, 0.4) is 0 Å². The van der Waals surface area contributed by atoms with E-state index < -0.39 is 39.6 Å². The fourth-order valence-corrected chi connectivity index (χ4v) is 5.80. The topological polar surface area (TPSA) is 120 Å². The molecule has 226 valence electrons. The van der Waals surface area contributed by atoms with Gasteiger partial charge in [-0.2, -0.15) is 13.2 Å². The number of aromatic amines is 1. The van der Waals surface area contributed by atoms with Crippen LogP contribution in [0, 0.1) is 0 Å². The minimum atomic E-state index is -4.64. The fourth-order valence-electron chi connectivity index (χ4n) is 4.53. The lowest BCUT2D eigenvalue weighted by Crippen LogP contribution is -2.45. The first-order valence-corrected chi connectivity index (χ1v) is 15.0. The van der Waals surface area contributed by atoms with E-state index in [1.807, 2.05) is 24.3 Å². The van der Waals surface area contributed by atoms with E-state index in [-0.39, 0.29) is 33.3 Å². The van der Waals surface area contributed by atoms with Crippen LogP contribution >= 0.6 is 11.6 Å². The standard InChI is InChI=1S/C31H24ClF3N4O4S/c32-26-10-3-1-9-25(26)29(40)38-28(16-19-18-36-27-11-4-2-8-24(19)27)30(41)37-21-12-14-23(15-13-21)44(42,43)39-22-7-5-6-20(17-22)31(33,34)35/h1-15,17-18,28,36,39H,16H2,(H,37,41)(H,38,40). The number of sulfonamides is 1. The quantitative estimate of drug-likeness (QED) is 0.145. The number of anilines is 2. The number of nitrogens with one attached hydrogen (secondary N) is 4. The maximum atomic E-state index is 13.5. The maximum absolute atomic E-state index is 13.5. The second kappa shape index (κ2) is 12.4. The lowest BCUT2D eigenvalue weighted by atomic mass is 10.0. The molecule has 13 heteroatoms. The minimum absolute atomic E-state index is 0.124. The van der Waals surface area contributed by atoms with Crippen LogP contribution in [0.4, 0.5) is 24.5 Å². The number of benzene rings is 4. The van der Waals surface area contributed by atoms with Crippen molar-refractivity contribution in [1.82, 2.24) is 10.3 Å². The summed E-state index contributed by atoms with van der Waals surface area (Å²) in [7, 11) is -4.25. The zero-order valence-electron chi connectivity index (χ0n) is 22.7. The predicted molar refractivity (Wildman–Crippen MR) is 162 cm³/mol. The van der Waals surface area contributed by atoms with Gasteiger partial charge in [0.2, 0.25) is 5.91 Å². The second-order valence-corrected chi connectivity index (χ2v) is 11.9. The lowest BCUT2D eigenvalue weighted by molar-refractivity contribution is -0.137. The number of hydrogen-bond acceptors (Lipinski definition) is 4. The molecule has 0 aliphatic heterocycles. The van der Waals surface area contributed by atoms with Gasteiger partial charge in [0.05, 0.1) is 21.0 Å². The van der Waals surface area contributed by atoms with E-state index in [0.717, 1.165) is 28.6 Å². The van der Waals surface area contributed by atoms with Crippen LogP contribution in [-0.2, 0) is 27.4 Å². The summed E-state index contributed by atoms with van der Waals surface area (Å²) in [5.41, 5.74) is 0.792. The van der Waals surface area contributed by atoms with Crippen molar-refractivity contribution in [2.75, 3.05) is 10.0 Å². The summed E-state index contributed by atoms with van der Waals surface area (Å²) in [5.74, 6) is -1.13. The number of carbonyl (C=O) groups is 2. The van der Waals surface area contributed by atoms with Crippen molar-refractivity contribution in [3.8, 4) is 0 Å². The minimum Gasteiger partial charge on any atom is -0.361 e. The van der Waals surface area contributed by atoms with Gasteiger partial charge < -0.3 is 15.6 Å². The Labute approximate surface area is 255 Å². The molecular formula is C31H24ClF3N4O4S. The Balaban J connectivity index is 1.34. The monoisotopic (exact) mass is 640 g/mol. The predicted octanol–water partition coefficient (Wildman–Crippen LogP) is 6.62. The lowest BCUT2D eigenvalue weighted by Gasteiger charge is -2.19. The van der Waals surface area contributed by atoms with Crippen molar-refractivity contribution in [2.24, 2.45) is 0 Å². The van der Waals surface area contributed by atoms with Crippen molar-refractivity contribution >= 4 is 55.7 Å². The summed E-state index contributed by atoms with van der Waals surface area (Å²) in [6, 6.07) is 21.7. The van der Waals surface area contributed by atoms with Crippen molar-refractivity contribution in [3.05, 3.63) is 125 Å². The molecular weight excluding hydrogens is 617 g/mol. The number of para-hydroxylation sites is 1. The van der Waals surface area contributed by atoms with Crippen LogP contribution in [0.1, 0.15) is 21.5 Å². The number of carbonyl (C=O) groups excluding carboxylic acids is 2. The largest absolute Gasteiger partial charge is 0.416 e. The Kier molecular flexibility index (Phi) is 8.66. The SMILES string of the molecule is O=C(NC(Cc1c[nH]c2ccccc12)C(=O)Nc1ccc(S(=O)(=O)Nc2cccc(C(F)(F)F)c2)cc1)c1ccccc1Cl. The molecule has 0 radical (unpaired) electrons. The molecule has 44 heavy (non-hydrogen) atoms. The Morgan fingerprint density at radius 3 is 2.30 bits per heavy atom. The summed E-state index contributed by atoms with van der Waals surface area (Å²) in [4.78, 5) is 29.5. The van der Waals surface area contributed by atoms with Crippen molar-refractivity contribution < 1.29 is 31.2 Å². The molecule has 0 aliphatic rings. The molecule has 0 fully saturated rings. The first-order chi connectivity index (χ1) is 20.9. The molecule has 8 nitrogen and oxygen atoms in total. The molecule has 0 spiro atoms. The van der Waals surface area contributed by atoms with Gasteiger partial charge in [-0.15, -0.1) is 0 Å². The number of rotatable bonds is 9. The molecule has 0 saturated carbocycles. The third-order valence-corrected chi connectivity index (χ3v) is 8.44. The van der Waals surface area contributed by atoms with Crippen LogP contribution in [0.2, 0.25) is 5.02 Å². The van der Waals surface area contributed by atoms with E-state index >= 15 is 0 Å². The Morgan fingerprint density at radius 1 is 0.864 bits per heavy atom. The van der Waals surface area contributed by atoms with E-state index in [1.54, 1.807) is 24.4 Å². The highest BCUT2D eigenvalue weighted by atomic mass is 35.5. The van der Waals surface area contributed by atoms with Gasteiger partial charge in [-0.1, -0.05) is 48.0 Å². The maximum Gasteiger partial charge on any atom is 0.416 e. The summed E-state index contributed by atoms with van der Waals surface area (Å²) in [6.45, 7) is 0. The molecule has 1 unspecified atom stereocenters. The summed E-state index contributed by atoms with van der Waals surface area (Å²) >= 11 is 6.19. The summed E-state index contributed by atoms with van der Waals surface area (Å²) in [6.07, 6.45) is -2.76. The van der Waals surface area contributed by atoms with Crippen LogP contribution in [-0.4, -0.2) is 31.3 Å². The highest BCUT2D eigenvalue weighted by Gasteiger charge is 2.31. The molecule has 1 atom stereocenters. The molecule has 0 bridgehead atoms. The van der Waals surface area contributed by atoms with Crippen molar-refractivity contribution in [3.63, 3.8) is 0 Å². The third-order valence-electron chi connectivity index (χ3n) is 6.71. The molecule has 2 amide bonds. The van der Waals surface area contributed by atoms with E-state index in [9.17, 15) is 31.2 Å². The van der Waals surface area contributed by atoms with Crippen molar-refractivity contribution in [2.45, 2.75) is 23.5 Å². The normalized spacial score (nSPS) is 12.5. The molecule has 1 aromatic heterocycles. The van der Waals surface area contributed by atoms with Crippen LogP contribution < -0.4 is 15.4 Å². The summed E-state index contributed by atoms with van der Waals surface area (Å²) < 4.78 is 66.9. The number of amides is 2. The average Bonchev–Trinajstić information content (AvgIpc) is 3.39. The van der Waals surface area contributed by atoms with E-state index in [4.69, 9.17) is 11.6 Å². The zero-order chi connectivity index (χ0) is 31.5. The second-order valence-electron chi connectivity index (χ2n) is 9.77. The third kappa shape index (κ3) is 7.04. The summed E-state index contributed by atoms with van der Waals surface area (Å²) in [5, 5.41) is 6.52. The van der Waals surface area contributed by atoms with Crippen LogP contribution in [0.25, 0.3) is 10.9 Å². The Morgan fingerprint density at radius 2 is 1.57 bits per heavy atom. The Hall–Kier alpha value is -4.81. The zero-order valence-corrected chi connectivity index (χ0v) is 24.2. The molecule has 0 aliphatic carbocycles. The number of aromatic nitrogens is 1. The fraction of sp³-hybridized carbons (Fsp3) is 0.0968. The number of halogens is 4. The molecule has 0 saturated heterocycles. The highest BCUT2D eigenvalue weighted by Crippen LogP contribution is 2.31. The van der Waals surface area contributed by atoms with Gasteiger partial charge in [0, 0.05) is 34.9 Å². The number of fused-ring (bicyclic) bond motifs is 1. The molecule has 4 aromatic carbocycles. The van der Waals surface area contributed by atoms with Gasteiger partial charge in [0.25, 0.3) is 15.9 Å². The van der Waals surface area contributed by atoms with Crippen LogP contribution in [0.5, 0.6) is 0 Å². The van der Waals surface area contributed by atoms with E-state index in [2.05, 4.69) is 20.3 Å². The first-order valence-electron chi connectivity index (χ1n) is 13.1. The number of alkyl halides is 3. The average molecular weight is 641 g/mol. The van der Waals surface area contributed by atoms with Gasteiger partial charge in [-0.05, 0) is 66.2 Å². The number of H-pyrrole nitrogens is 1. The van der Waals surface area contributed by atoms with Gasteiger partial charge >= 0.3 is 6.18 Å². The van der Waals surface area contributed by atoms with Gasteiger partial charge in [0.15, 0.2) is 0 Å². The Bertz CT molecular complexity index is 1940. The van der Waals surface area contributed by atoms with Gasteiger partial charge in [-0.25, -0.2) is 8.42 Å². The number of hydrogen-bond donors (Lipinski definition) is 4. The van der Waals surface area contributed by atoms with Gasteiger partial charge in [-0.3, -0.25) is 14.3 Å². The first kappa shape index (κ1) is 30.6. The van der Waals surface area contributed by atoms with E-state index in [1.165, 1.54) is 36.4 Å². The molecule has 1 heterocycles. The highest BCUT2D eigenvalue weighted by molar-refractivity contribution is 7.92. The molecule has 4 N–H and O–H groups in total. The van der Waals surface area contributed by atoms with Gasteiger partial charge in [0.1, 0.15) is 6.04 Å². The van der Waals surface area contributed by atoms with Crippen molar-refractivity contribution in [1.29, 1.82) is 0 Å². The van der Waals surface area contributed by atoms with Crippen LogP contribution in [0.15, 0.2) is 108 Å². The molecule has 5 rings (SSSR count).